The number of unbranched alkanes of at least 4 members (excludes halogenated alkanes) is 6. The molecule has 102 valence electrons. The number of carbonyl (C=O) groups is 1. The fourth-order valence-corrected chi connectivity index (χ4v) is 2.09. The molecule has 0 atom stereocenters. The lowest BCUT2D eigenvalue weighted by atomic mass is 10.1. The molecule has 0 amide bonds. The zero-order chi connectivity index (χ0) is 12.8. The van der Waals surface area contributed by atoms with Gasteiger partial charge in [-0.3, -0.25) is 4.79 Å². The Morgan fingerprint density at radius 2 is 1.65 bits per heavy atom. The van der Waals surface area contributed by atoms with Gasteiger partial charge in [-0.15, -0.1) is 0 Å². The minimum atomic E-state index is -0.0142. The molecular formula is C14H28O2S. The summed E-state index contributed by atoms with van der Waals surface area (Å²) in [6.45, 7) is 2.82. The average molecular weight is 260 g/mol. The Morgan fingerprint density at radius 3 is 2.29 bits per heavy atom. The van der Waals surface area contributed by atoms with Crippen molar-refractivity contribution >= 4 is 17.7 Å². The van der Waals surface area contributed by atoms with Crippen LogP contribution in [0.1, 0.15) is 64.7 Å². The van der Waals surface area contributed by atoms with Gasteiger partial charge in [-0.2, -0.15) is 11.8 Å². The molecule has 0 bridgehead atoms. The van der Waals surface area contributed by atoms with Gasteiger partial charge < -0.3 is 4.74 Å². The van der Waals surface area contributed by atoms with E-state index in [0.29, 0.717) is 13.0 Å². The van der Waals surface area contributed by atoms with E-state index < -0.39 is 0 Å². The van der Waals surface area contributed by atoms with Gasteiger partial charge >= 0.3 is 5.97 Å². The molecule has 0 aliphatic heterocycles. The van der Waals surface area contributed by atoms with Crippen molar-refractivity contribution in [1.29, 1.82) is 0 Å². The Hall–Kier alpha value is -0.180. The van der Waals surface area contributed by atoms with Crippen LogP contribution < -0.4 is 0 Å². The van der Waals surface area contributed by atoms with E-state index in [1.165, 1.54) is 38.5 Å². The molecule has 0 rings (SSSR count). The maximum atomic E-state index is 11.3. The van der Waals surface area contributed by atoms with E-state index in [1.54, 1.807) is 11.8 Å². The zero-order valence-corrected chi connectivity index (χ0v) is 12.3. The quantitative estimate of drug-likeness (QED) is 0.384. The molecule has 0 aliphatic carbocycles. The van der Waals surface area contributed by atoms with Gasteiger partial charge in [0.25, 0.3) is 0 Å². The highest BCUT2D eigenvalue weighted by Gasteiger charge is 2.01. The molecule has 0 heterocycles. The molecule has 0 aromatic rings. The summed E-state index contributed by atoms with van der Waals surface area (Å²) in [6, 6.07) is 0. The van der Waals surface area contributed by atoms with Crippen molar-refractivity contribution in [2.24, 2.45) is 0 Å². The van der Waals surface area contributed by atoms with Gasteiger partial charge in [0, 0.05) is 6.42 Å². The molecule has 0 unspecified atom stereocenters. The van der Waals surface area contributed by atoms with Crippen molar-refractivity contribution < 1.29 is 9.53 Å². The van der Waals surface area contributed by atoms with Gasteiger partial charge in [0.2, 0.25) is 0 Å². The van der Waals surface area contributed by atoms with Gasteiger partial charge in [0.1, 0.15) is 0 Å². The number of esters is 1. The second-order valence-electron chi connectivity index (χ2n) is 4.44. The minimum absolute atomic E-state index is 0.0142. The van der Waals surface area contributed by atoms with Gasteiger partial charge in [-0.05, 0) is 24.9 Å². The van der Waals surface area contributed by atoms with Crippen LogP contribution in [0.3, 0.4) is 0 Å². The van der Waals surface area contributed by atoms with Crippen LogP contribution in [0, 0.1) is 0 Å². The number of ether oxygens (including phenoxy) is 1. The smallest absolute Gasteiger partial charge is 0.305 e. The summed E-state index contributed by atoms with van der Waals surface area (Å²) in [5.41, 5.74) is 0. The second-order valence-corrected chi connectivity index (χ2v) is 5.42. The largest absolute Gasteiger partial charge is 0.466 e. The Morgan fingerprint density at radius 1 is 1.00 bits per heavy atom. The molecule has 0 spiro atoms. The highest BCUT2D eigenvalue weighted by atomic mass is 32.2. The molecule has 0 aliphatic rings. The number of carbonyl (C=O) groups excluding carboxylic acids is 1. The maximum Gasteiger partial charge on any atom is 0.305 e. The molecule has 0 radical (unpaired) electrons. The van der Waals surface area contributed by atoms with E-state index in [0.717, 1.165) is 18.6 Å². The summed E-state index contributed by atoms with van der Waals surface area (Å²) in [7, 11) is 0. The molecule has 0 N–H and O–H groups in total. The Bertz CT molecular complexity index is 172. The number of hydrogen-bond donors (Lipinski definition) is 0. The Kier molecular flexibility index (Phi) is 13.7. The first-order chi connectivity index (χ1) is 8.31. The topological polar surface area (TPSA) is 26.3 Å². The molecule has 3 heteroatoms. The van der Waals surface area contributed by atoms with E-state index in [4.69, 9.17) is 4.74 Å². The van der Waals surface area contributed by atoms with Crippen LogP contribution in [0.25, 0.3) is 0 Å². The van der Waals surface area contributed by atoms with Crippen molar-refractivity contribution in [3.63, 3.8) is 0 Å². The van der Waals surface area contributed by atoms with Crippen molar-refractivity contribution in [3.05, 3.63) is 0 Å². The maximum absolute atomic E-state index is 11.3. The van der Waals surface area contributed by atoms with E-state index in [9.17, 15) is 4.79 Å². The molecule has 0 fully saturated rings. The normalized spacial score (nSPS) is 10.5. The fourth-order valence-electron chi connectivity index (χ4n) is 1.69. The van der Waals surface area contributed by atoms with Crippen molar-refractivity contribution in [1.82, 2.24) is 0 Å². The molecule has 0 saturated carbocycles. The lowest BCUT2D eigenvalue weighted by Gasteiger charge is -2.04. The molecule has 0 aromatic carbocycles. The Balaban J connectivity index is 3.11. The summed E-state index contributed by atoms with van der Waals surface area (Å²) in [4.78, 5) is 11.3. The van der Waals surface area contributed by atoms with Gasteiger partial charge in [-0.1, -0.05) is 45.4 Å². The minimum Gasteiger partial charge on any atom is -0.466 e. The van der Waals surface area contributed by atoms with Crippen molar-refractivity contribution in [3.8, 4) is 0 Å². The Labute approximate surface area is 111 Å². The van der Waals surface area contributed by atoms with Crippen LogP contribution in [0.2, 0.25) is 0 Å². The average Bonchev–Trinajstić information content (AvgIpc) is 2.33. The molecule has 2 nitrogen and oxygen atoms in total. The van der Waals surface area contributed by atoms with Crippen molar-refractivity contribution in [2.75, 3.05) is 18.6 Å². The third-order valence-electron chi connectivity index (χ3n) is 2.74. The van der Waals surface area contributed by atoms with E-state index in [-0.39, 0.29) is 5.97 Å². The lowest BCUT2D eigenvalue weighted by Crippen LogP contribution is -2.06. The number of rotatable bonds is 12. The predicted octanol–water partition coefficient (Wildman–Crippen LogP) is 4.42. The summed E-state index contributed by atoms with van der Waals surface area (Å²) < 4.78 is 5.14. The first-order valence-electron chi connectivity index (χ1n) is 6.95. The third-order valence-corrected chi connectivity index (χ3v) is 3.44. The summed E-state index contributed by atoms with van der Waals surface area (Å²) in [6.07, 6.45) is 12.4. The second kappa shape index (κ2) is 13.9. The van der Waals surface area contributed by atoms with Crippen LogP contribution in [0.5, 0.6) is 0 Å². The molecule has 0 aromatic heterocycles. The predicted molar refractivity (Wildman–Crippen MR) is 76.6 cm³/mol. The van der Waals surface area contributed by atoms with Gasteiger partial charge in [-0.25, -0.2) is 0 Å². The van der Waals surface area contributed by atoms with Crippen LogP contribution in [0.4, 0.5) is 0 Å². The molecule has 0 saturated heterocycles. The van der Waals surface area contributed by atoms with Crippen LogP contribution in [0.15, 0.2) is 0 Å². The lowest BCUT2D eigenvalue weighted by molar-refractivity contribution is -0.143. The molecular weight excluding hydrogens is 232 g/mol. The zero-order valence-electron chi connectivity index (χ0n) is 11.5. The van der Waals surface area contributed by atoms with E-state index >= 15 is 0 Å². The number of hydrogen-bond acceptors (Lipinski definition) is 3. The first kappa shape index (κ1) is 16.8. The highest BCUT2D eigenvalue weighted by molar-refractivity contribution is 7.98. The summed E-state index contributed by atoms with van der Waals surface area (Å²) in [5.74, 6) is 1.06. The third kappa shape index (κ3) is 13.8. The SMILES string of the molecule is CCCCCCCCCC(=O)OCCCSC. The van der Waals surface area contributed by atoms with Gasteiger partial charge in [0.15, 0.2) is 0 Å². The first-order valence-corrected chi connectivity index (χ1v) is 8.35. The standard InChI is InChI=1S/C14H28O2S/c1-3-4-5-6-7-8-9-11-14(15)16-12-10-13-17-2/h3-13H2,1-2H3. The van der Waals surface area contributed by atoms with Crippen LogP contribution in [-0.2, 0) is 9.53 Å². The van der Waals surface area contributed by atoms with E-state index in [1.807, 2.05) is 0 Å². The highest BCUT2D eigenvalue weighted by Crippen LogP contribution is 2.08. The van der Waals surface area contributed by atoms with Crippen LogP contribution >= 0.6 is 11.8 Å². The van der Waals surface area contributed by atoms with Crippen molar-refractivity contribution in [2.45, 2.75) is 64.7 Å². The summed E-state index contributed by atoms with van der Waals surface area (Å²) in [5, 5.41) is 0. The summed E-state index contributed by atoms with van der Waals surface area (Å²) >= 11 is 1.79. The monoisotopic (exact) mass is 260 g/mol. The van der Waals surface area contributed by atoms with Crippen LogP contribution in [-0.4, -0.2) is 24.6 Å². The molecule has 17 heavy (non-hydrogen) atoms. The number of thioether (sulfide) groups is 1. The van der Waals surface area contributed by atoms with Gasteiger partial charge in [0.05, 0.1) is 6.61 Å². The van der Waals surface area contributed by atoms with E-state index in [2.05, 4.69) is 13.2 Å². The fraction of sp³-hybridized carbons (Fsp3) is 0.929.